The number of amides is 1. The van der Waals surface area contributed by atoms with E-state index in [4.69, 9.17) is 4.42 Å². The topological polar surface area (TPSA) is 55.1 Å². The van der Waals surface area contributed by atoms with Gasteiger partial charge in [-0.25, -0.2) is 9.37 Å². The number of nitrogens with one attached hydrogen (secondary N) is 1. The van der Waals surface area contributed by atoms with Gasteiger partial charge >= 0.3 is 0 Å². The maximum Gasteiger partial charge on any atom is 0.256 e. The molecule has 0 radical (unpaired) electrons. The van der Waals surface area contributed by atoms with Gasteiger partial charge in [-0.05, 0) is 52.0 Å². The van der Waals surface area contributed by atoms with E-state index in [1.54, 1.807) is 25.3 Å². The summed E-state index contributed by atoms with van der Waals surface area (Å²) in [5, 5.41) is 3.01. The molecule has 0 fully saturated rings. The summed E-state index contributed by atoms with van der Waals surface area (Å²) in [6.45, 7) is 7.59. The van der Waals surface area contributed by atoms with E-state index in [0.717, 1.165) is 5.56 Å². The molecule has 118 valence electrons. The Kier molecular flexibility index (Phi) is 4.90. The largest absolute Gasteiger partial charge is 0.431 e. The molecule has 0 saturated carbocycles. The van der Waals surface area contributed by atoms with Crippen LogP contribution in [0.4, 0.5) is 4.39 Å². The number of halogens is 1. The third kappa shape index (κ3) is 4.59. The summed E-state index contributed by atoms with van der Waals surface area (Å²) in [5.74, 6) is 0.176. The smallest absolute Gasteiger partial charge is 0.256 e. The first-order valence-electron chi connectivity index (χ1n) is 6.95. The molecule has 0 bridgehead atoms. The first kappa shape index (κ1) is 16.5. The molecule has 1 heterocycles. The monoisotopic (exact) mass is 322 g/mol. The molecule has 1 N–H and O–H groups in total. The minimum Gasteiger partial charge on any atom is -0.431 e. The molecule has 0 spiro atoms. The van der Waals surface area contributed by atoms with Crippen LogP contribution in [0.25, 0.3) is 11.3 Å². The molecule has 6 heteroatoms. The summed E-state index contributed by atoms with van der Waals surface area (Å²) >= 11 is 1.25. The van der Waals surface area contributed by atoms with Gasteiger partial charge in [0.15, 0.2) is 5.76 Å². The van der Waals surface area contributed by atoms with E-state index in [1.165, 1.54) is 23.9 Å². The predicted octanol–water partition coefficient (Wildman–Crippen LogP) is 3.88. The van der Waals surface area contributed by atoms with Crippen LogP contribution in [0, 0.1) is 5.82 Å². The van der Waals surface area contributed by atoms with Gasteiger partial charge in [-0.3, -0.25) is 4.79 Å². The van der Waals surface area contributed by atoms with Crippen molar-refractivity contribution in [1.82, 2.24) is 10.3 Å². The highest BCUT2D eigenvalue weighted by Gasteiger charge is 2.22. The Balaban J connectivity index is 2.03. The molecule has 0 saturated heterocycles. The second kappa shape index (κ2) is 6.52. The standard InChI is InChI=1S/C16H19FN2O2S/c1-10(14(20)19-16(2,3)4)22-15-18-9-13(21-15)11-5-7-12(17)8-6-11/h5-10H,1-4H3,(H,19,20). The molecule has 22 heavy (non-hydrogen) atoms. The van der Waals surface area contributed by atoms with Crippen molar-refractivity contribution in [1.29, 1.82) is 0 Å². The average molecular weight is 322 g/mol. The fourth-order valence-corrected chi connectivity index (χ4v) is 2.46. The second-order valence-corrected chi connectivity index (χ2v) is 7.29. The van der Waals surface area contributed by atoms with Gasteiger partial charge in [0.1, 0.15) is 5.82 Å². The van der Waals surface area contributed by atoms with Crippen LogP contribution >= 0.6 is 11.8 Å². The molecule has 4 nitrogen and oxygen atoms in total. The number of benzene rings is 1. The number of carbonyl (C=O) groups excluding carboxylic acids is 1. The Bertz CT molecular complexity index is 647. The summed E-state index contributed by atoms with van der Waals surface area (Å²) < 4.78 is 18.5. The summed E-state index contributed by atoms with van der Waals surface area (Å²) in [6, 6.07) is 5.98. The number of rotatable bonds is 4. The van der Waals surface area contributed by atoms with E-state index in [-0.39, 0.29) is 22.5 Å². The lowest BCUT2D eigenvalue weighted by Crippen LogP contribution is -2.44. The lowest BCUT2D eigenvalue weighted by atomic mass is 10.1. The Hall–Kier alpha value is -1.82. The molecule has 0 aliphatic carbocycles. The van der Waals surface area contributed by atoms with E-state index in [9.17, 15) is 9.18 Å². The van der Waals surface area contributed by atoms with Crippen LogP contribution in [0.1, 0.15) is 27.7 Å². The number of nitrogens with zero attached hydrogens (tertiary/aromatic N) is 1. The summed E-state index contributed by atoms with van der Waals surface area (Å²) in [4.78, 5) is 16.2. The van der Waals surface area contributed by atoms with E-state index >= 15 is 0 Å². The summed E-state index contributed by atoms with van der Waals surface area (Å²) in [7, 11) is 0. The van der Waals surface area contributed by atoms with Crippen LogP contribution in [0.3, 0.4) is 0 Å². The number of hydrogen-bond donors (Lipinski definition) is 1. The summed E-state index contributed by atoms with van der Waals surface area (Å²) in [5.41, 5.74) is 0.467. The number of hydrogen-bond acceptors (Lipinski definition) is 4. The molecule has 2 aromatic rings. The Morgan fingerprint density at radius 2 is 1.95 bits per heavy atom. The van der Waals surface area contributed by atoms with Crippen molar-refractivity contribution in [3.8, 4) is 11.3 Å². The second-order valence-electron chi connectivity index (χ2n) is 6.00. The fourth-order valence-electron chi connectivity index (χ4n) is 1.74. The van der Waals surface area contributed by atoms with Gasteiger partial charge in [-0.15, -0.1) is 0 Å². The van der Waals surface area contributed by atoms with Crippen LogP contribution in [-0.4, -0.2) is 21.7 Å². The third-order valence-corrected chi connectivity index (χ3v) is 3.72. The van der Waals surface area contributed by atoms with Crippen molar-refractivity contribution in [3.05, 3.63) is 36.3 Å². The lowest BCUT2D eigenvalue weighted by Gasteiger charge is -2.22. The Morgan fingerprint density at radius 3 is 2.55 bits per heavy atom. The van der Waals surface area contributed by atoms with Gasteiger partial charge in [0.2, 0.25) is 5.91 Å². The molecule has 1 aromatic carbocycles. The van der Waals surface area contributed by atoms with Crippen molar-refractivity contribution in [2.45, 2.75) is 43.7 Å². The maximum atomic E-state index is 12.9. The van der Waals surface area contributed by atoms with Gasteiger partial charge in [-0.1, -0.05) is 11.8 Å². The lowest BCUT2D eigenvalue weighted by molar-refractivity contribution is -0.121. The Labute approximate surface area is 133 Å². The van der Waals surface area contributed by atoms with Crippen molar-refractivity contribution in [2.24, 2.45) is 0 Å². The normalized spacial score (nSPS) is 13.0. The third-order valence-electron chi connectivity index (χ3n) is 2.76. The molecule has 1 atom stereocenters. The molecular formula is C16H19FN2O2S. The first-order valence-corrected chi connectivity index (χ1v) is 7.83. The van der Waals surface area contributed by atoms with Gasteiger partial charge in [0.25, 0.3) is 5.22 Å². The number of carbonyl (C=O) groups is 1. The van der Waals surface area contributed by atoms with Crippen LogP contribution in [-0.2, 0) is 4.79 Å². The van der Waals surface area contributed by atoms with Crippen molar-refractivity contribution >= 4 is 17.7 Å². The number of oxazole rings is 1. The minimum atomic E-state index is -0.320. The van der Waals surface area contributed by atoms with Crippen molar-refractivity contribution < 1.29 is 13.6 Å². The van der Waals surface area contributed by atoms with Crippen LogP contribution in [0.5, 0.6) is 0 Å². The quantitative estimate of drug-likeness (QED) is 0.868. The van der Waals surface area contributed by atoms with Crippen LogP contribution in [0.2, 0.25) is 0 Å². The molecular weight excluding hydrogens is 303 g/mol. The first-order chi connectivity index (χ1) is 10.2. The SMILES string of the molecule is CC(Sc1ncc(-c2ccc(F)cc2)o1)C(=O)NC(C)(C)C. The number of thioether (sulfide) groups is 1. The van der Waals surface area contributed by atoms with Crippen LogP contribution in [0.15, 0.2) is 40.1 Å². The zero-order valence-electron chi connectivity index (χ0n) is 13.0. The Morgan fingerprint density at radius 1 is 1.32 bits per heavy atom. The van der Waals surface area contributed by atoms with Gasteiger partial charge in [0.05, 0.1) is 11.4 Å². The van der Waals surface area contributed by atoms with Crippen LogP contribution < -0.4 is 5.32 Å². The fraction of sp³-hybridized carbons (Fsp3) is 0.375. The highest BCUT2D eigenvalue weighted by molar-refractivity contribution is 8.00. The molecule has 1 amide bonds. The molecule has 1 aromatic heterocycles. The van der Waals surface area contributed by atoms with Gasteiger partial charge in [0, 0.05) is 11.1 Å². The van der Waals surface area contributed by atoms with E-state index < -0.39 is 0 Å². The molecule has 1 unspecified atom stereocenters. The highest BCUT2D eigenvalue weighted by atomic mass is 32.2. The molecule has 0 aliphatic heterocycles. The van der Waals surface area contributed by atoms with Crippen molar-refractivity contribution in [3.63, 3.8) is 0 Å². The van der Waals surface area contributed by atoms with E-state index in [2.05, 4.69) is 10.3 Å². The average Bonchev–Trinajstić information content (AvgIpc) is 2.86. The predicted molar refractivity (Wildman–Crippen MR) is 85.1 cm³/mol. The minimum absolute atomic E-state index is 0.0703. The van der Waals surface area contributed by atoms with Gasteiger partial charge in [-0.2, -0.15) is 0 Å². The molecule has 2 rings (SSSR count). The highest BCUT2D eigenvalue weighted by Crippen LogP contribution is 2.28. The number of aromatic nitrogens is 1. The zero-order chi connectivity index (χ0) is 16.3. The van der Waals surface area contributed by atoms with Gasteiger partial charge < -0.3 is 9.73 Å². The molecule has 0 aliphatic rings. The zero-order valence-corrected chi connectivity index (χ0v) is 13.8. The maximum absolute atomic E-state index is 12.9. The van der Waals surface area contributed by atoms with E-state index in [0.29, 0.717) is 11.0 Å². The van der Waals surface area contributed by atoms with Crippen molar-refractivity contribution in [2.75, 3.05) is 0 Å². The van der Waals surface area contributed by atoms with E-state index in [1.807, 2.05) is 20.8 Å². The summed E-state index contributed by atoms with van der Waals surface area (Å²) in [6.07, 6.45) is 1.57.